The fourth-order valence-corrected chi connectivity index (χ4v) is 4.26. The number of hydrogen-bond acceptors (Lipinski definition) is 5. The molecular weight excluding hydrogens is 437 g/mol. The highest BCUT2D eigenvalue weighted by atomic mass is 32.1. The summed E-state index contributed by atoms with van der Waals surface area (Å²) in [4.78, 5) is 24.1. The van der Waals surface area contributed by atoms with Crippen molar-refractivity contribution in [2.75, 3.05) is 6.54 Å². The maximum Gasteiger partial charge on any atom is 0.274 e. The third-order valence-electron chi connectivity index (χ3n) is 5.25. The van der Waals surface area contributed by atoms with Crippen LogP contribution in [0.5, 0.6) is 5.75 Å². The van der Waals surface area contributed by atoms with Gasteiger partial charge >= 0.3 is 0 Å². The second-order valence-corrected chi connectivity index (χ2v) is 8.50. The first-order chi connectivity index (χ1) is 16.0. The Morgan fingerprint density at radius 3 is 2.52 bits per heavy atom. The van der Waals surface area contributed by atoms with Crippen molar-refractivity contribution in [2.45, 2.75) is 26.5 Å². The van der Waals surface area contributed by atoms with Crippen molar-refractivity contribution < 1.29 is 13.9 Å². The lowest BCUT2D eigenvalue weighted by Gasteiger charge is -2.31. The standard InChI is InChI=1S/C26H24FN3O2S/c1-3-30(25(20-5-4-14-28-15-20)19-8-6-18(2)7-9-19)26(31)23-17-33-24(29-23)16-32-22-12-10-21(27)11-13-22/h4-15,17,25H,3,16H2,1-2H3. The second-order valence-electron chi connectivity index (χ2n) is 7.56. The topological polar surface area (TPSA) is 55.3 Å². The third kappa shape index (κ3) is 5.43. The Kier molecular flexibility index (Phi) is 7.10. The van der Waals surface area contributed by atoms with Gasteiger partial charge in [0.05, 0.1) is 6.04 Å². The van der Waals surface area contributed by atoms with Crippen LogP contribution in [-0.2, 0) is 6.61 Å². The predicted molar refractivity (Wildman–Crippen MR) is 127 cm³/mol. The zero-order chi connectivity index (χ0) is 23.2. The Bertz CT molecular complexity index is 1190. The van der Waals surface area contributed by atoms with Gasteiger partial charge in [0.2, 0.25) is 0 Å². The van der Waals surface area contributed by atoms with Gasteiger partial charge in [-0.1, -0.05) is 35.9 Å². The highest BCUT2D eigenvalue weighted by molar-refractivity contribution is 7.09. The van der Waals surface area contributed by atoms with Gasteiger partial charge in [0, 0.05) is 24.3 Å². The molecular formula is C26H24FN3O2S. The molecule has 2 heterocycles. The first-order valence-corrected chi connectivity index (χ1v) is 11.5. The number of carbonyl (C=O) groups is 1. The van der Waals surface area contributed by atoms with Crippen molar-refractivity contribution >= 4 is 17.2 Å². The van der Waals surface area contributed by atoms with Crippen LogP contribution in [-0.4, -0.2) is 27.3 Å². The number of pyridine rings is 1. The summed E-state index contributed by atoms with van der Waals surface area (Å²) >= 11 is 1.36. The van der Waals surface area contributed by atoms with Crippen LogP contribution in [0.25, 0.3) is 0 Å². The molecule has 0 radical (unpaired) electrons. The fourth-order valence-electron chi connectivity index (χ4n) is 3.58. The highest BCUT2D eigenvalue weighted by Crippen LogP contribution is 2.30. The molecule has 33 heavy (non-hydrogen) atoms. The molecule has 0 bridgehead atoms. The minimum atomic E-state index is -0.319. The molecule has 0 fully saturated rings. The van der Waals surface area contributed by atoms with E-state index in [1.807, 2.05) is 50.2 Å². The minimum Gasteiger partial charge on any atom is -0.486 e. The van der Waals surface area contributed by atoms with Crippen LogP contribution in [0, 0.1) is 12.7 Å². The van der Waals surface area contributed by atoms with Gasteiger partial charge in [0.15, 0.2) is 0 Å². The van der Waals surface area contributed by atoms with E-state index in [1.165, 1.54) is 23.5 Å². The molecule has 0 aliphatic rings. The summed E-state index contributed by atoms with van der Waals surface area (Å²) in [5, 5.41) is 2.43. The summed E-state index contributed by atoms with van der Waals surface area (Å²) in [5.74, 6) is 0.0720. The Balaban J connectivity index is 1.56. The minimum absolute atomic E-state index is 0.156. The first-order valence-electron chi connectivity index (χ1n) is 10.7. The third-order valence-corrected chi connectivity index (χ3v) is 6.08. The average Bonchev–Trinajstić information content (AvgIpc) is 3.32. The van der Waals surface area contributed by atoms with Crippen LogP contribution in [0.4, 0.5) is 4.39 Å². The molecule has 1 unspecified atom stereocenters. The van der Waals surface area contributed by atoms with Crippen molar-refractivity contribution in [2.24, 2.45) is 0 Å². The van der Waals surface area contributed by atoms with Crippen molar-refractivity contribution in [1.82, 2.24) is 14.9 Å². The summed E-state index contributed by atoms with van der Waals surface area (Å²) in [6, 6.07) is 17.6. The molecule has 0 aliphatic heterocycles. The summed E-state index contributed by atoms with van der Waals surface area (Å²) < 4.78 is 18.7. The molecule has 2 aromatic heterocycles. The van der Waals surface area contributed by atoms with Crippen molar-refractivity contribution in [3.8, 4) is 5.75 Å². The zero-order valence-corrected chi connectivity index (χ0v) is 19.3. The van der Waals surface area contributed by atoms with Gasteiger partial charge in [-0.25, -0.2) is 9.37 Å². The van der Waals surface area contributed by atoms with E-state index >= 15 is 0 Å². The van der Waals surface area contributed by atoms with E-state index in [9.17, 15) is 9.18 Å². The van der Waals surface area contributed by atoms with Crippen LogP contribution in [0.2, 0.25) is 0 Å². The number of amides is 1. The monoisotopic (exact) mass is 461 g/mol. The van der Waals surface area contributed by atoms with Gasteiger partial charge in [-0.3, -0.25) is 9.78 Å². The number of nitrogens with zero attached hydrogens (tertiary/aromatic N) is 3. The summed E-state index contributed by atoms with van der Waals surface area (Å²) in [6.45, 7) is 4.71. The van der Waals surface area contributed by atoms with Gasteiger partial charge in [-0.15, -0.1) is 11.3 Å². The SMILES string of the molecule is CCN(C(=O)c1csc(COc2ccc(F)cc2)n1)C(c1ccc(C)cc1)c1cccnc1. The average molecular weight is 462 g/mol. The number of rotatable bonds is 8. The molecule has 168 valence electrons. The van der Waals surface area contributed by atoms with Crippen LogP contribution >= 0.6 is 11.3 Å². The normalized spacial score (nSPS) is 11.7. The van der Waals surface area contributed by atoms with Crippen molar-refractivity contribution in [3.05, 3.63) is 112 Å². The van der Waals surface area contributed by atoms with Gasteiger partial charge < -0.3 is 9.64 Å². The van der Waals surface area contributed by atoms with Gasteiger partial charge in [-0.2, -0.15) is 0 Å². The molecule has 5 nitrogen and oxygen atoms in total. The number of halogens is 1. The molecule has 4 aromatic rings. The number of ether oxygens (including phenoxy) is 1. The van der Waals surface area contributed by atoms with E-state index in [0.717, 1.165) is 16.7 Å². The Morgan fingerprint density at radius 2 is 1.85 bits per heavy atom. The highest BCUT2D eigenvalue weighted by Gasteiger charge is 2.28. The van der Waals surface area contributed by atoms with Gasteiger partial charge in [0.25, 0.3) is 5.91 Å². The number of aromatic nitrogens is 2. The van der Waals surface area contributed by atoms with Crippen LogP contribution in [0.3, 0.4) is 0 Å². The zero-order valence-electron chi connectivity index (χ0n) is 18.4. The molecule has 0 aliphatic carbocycles. The van der Waals surface area contributed by atoms with Crippen molar-refractivity contribution in [1.29, 1.82) is 0 Å². The van der Waals surface area contributed by atoms with E-state index < -0.39 is 0 Å². The number of carbonyl (C=O) groups excluding carboxylic acids is 1. The molecule has 7 heteroatoms. The van der Waals surface area contributed by atoms with E-state index in [4.69, 9.17) is 4.74 Å². The molecule has 2 aromatic carbocycles. The quantitative estimate of drug-likeness (QED) is 0.332. The number of benzene rings is 2. The van der Waals surface area contributed by atoms with Crippen LogP contribution in [0.15, 0.2) is 78.4 Å². The molecule has 0 spiro atoms. The molecule has 0 N–H and O–H groups in total. The molecule has 0 saturated heterocycles. The Hall–Kier alpha value is -3.58. The van der Waals surface area contributed by atoms with Crippen molar-refractivity contribution in [3.63, 3.8) is 0 Å². The maximum atomic E-state index is 13.5. The Labute approximate surface area is 196 Å². The smallest absolute Gasteiger partial charge is 0.274 e. The summed E-state index contributed by atoms with van der Waals surface area (Å²) in [7, 11) is 0. The first kappa shape index (κ1) is 22.6. The summed E-state index contributed by atoms with van der Waals surface area (Å²) in [5.41, 5.74) is 3.48. The molecule has 4 rings (SSSR count). The van der Waals surface area contributed by atoms with Crippen LogP contribution in [0.1, 0.15) is 45.2 Å². The number of aryl methyl sites for hydroxylation is 1. The molecule has 1 amide bonds. The number of thiazole rings is 1. The molecule has 1 atom stereocenters. The number of hydrogen-bond donors (Lipinski definition) is 0. The molecule has 0 saturated carbocycles. The van der Waals surface area contributed by atoms with Crippen LogP contribution < -0.4 is 4.74 Å². The lowest BCUT2D eigenvalue weighted by atomic mass is 9.97. The largest absolute Gasteiger partial charge is 0.486 e. The Morgan fingerprint density at radius 1 is 1.09 bits per heavy atom. The summed E-state index contributed by atoms with van der Waals surface area (Å²) in [6.07, 6.45) is 3.52. The fraction of sp³-hybridized carbons (Fsp3) is 0.192. The maximum absolute atomic E-state index is 13.5. The lowest BCUT2D eigenvalue weighted by Crippen LogP contribution is -2.35. The van der Waals surface area contributed by atoms with Gasteiger partial charge in [0.1, 0.15) is 28.9 Å². The van der Waals surface area contributed by atoms with E-state index in [0.29, 0.717) is 23.0 Å². The van der Waals surface area contributed by atoms with Gasteiger partial charge in [-0.05, 0) is 55.3 Å². The van der Waals surface area contributed by atoms with E-state index in [-0.39, 0.29) is 24.4 Å². The van der Waals surface area contributed by atoms with E-state index in [2.05, 4.69) is 9.97 Å². The van der Waals surface area contributed by atoms with E-state index in [1.54, 1.807) is 34.8 Å². The lowest BCUT2D eigenvalue weighted by molar-refractivity contribution is 0.0711. The second kappa shape index (κ2) is 10.4. The predicted octanol–water partition coefficient (Wildman–Crippen LogP) is 5.82.